The number of hydrogen-bond donors (Lipinski definition) is 4. The molecule has 0 fully saturated rings. The first-order valence-electron chi connectivity index (χ1n) is 7.02. The number of benzene rings is 1. The van der Waals surface area contributed by atoms with Crippen molar-refractivity contribution in [1.29, 1.82) is 0 Å². The van der Waals surface area contributed by atoms with E-state index in [9.17, 15) is 19.8 Å². The summed E-state index contributed by atoms with van der Waals surface area (Å²) in [6, 6.07) is 5.43. The van der Waals surface area contributed by atoms with E-state index in [1.54, 1.807) is 19.1 Å². The second kappa shape index (κ2) is 5.34. The number of aliphatic hydroxyl groups is 1. The summed E-state index contributed by atoms with van der Waals surface area (Å²) in [4.78, 5) is 25.9. The van der Waals surface area contributed by atoms with E-state index in [0.717, 1.165) is 0 Å². The normalized spacial score (nSPS) is 22.3. The zero-order valence-electron chi connectivity index (χ0n) is 12.0. The van der Waals surface area contributed by atoms with Gasteiger partial charge in [0, 0.05) is 6.54 Å². The molecule has 22 heavy (non-hydrogen) atoms. The molecule has 2 aliphatic heterocycles. The average Bonchev–Trinajstić information content (AvgIpc) is 2.74. The fraction of sp³-hybridized carbons (Fsp3) is 0.333. The third-order valence-electron chi connectivity index (χ3n) is 3.73. The van der Waals surface area contributed by atoms with E-state index in [-0.39, 0.29) is 30.8 Å². The van der Waals surface area contributed by atoms with E-state index in [1.807, 2.05) is 0 Å². The minimum Gasteiger partial charge on any atom is -0.508 e. The Labute approximate surface area is 127 Å². The lowest BCUT2D eigenvalue weighted by atomic mass is 9.96. The molecule has 0 saturated heterocycles. The first-order valence-corrected chi connectivity index (χ1v) is 7.02. The lowest BCUT2D eigenvalue weighted by Gasteiger charge is -2.25. The van der Waals surface area contributed by atoms with E-state index in [1.165, 1.54) is 17.0 Å². The number of aromatic hydroxyl groups is 1. The van der Waals surface area contributed by atoms with Crippen LogP contribution in [0.3, 0.4) is 0 Å². The van der Waals surface area contributed by atoms with E-state index in [0.29, 0.717) is 16.8 Å². The summed E-state index contributed by atoms with van der Waals surface area (Å²) in [6.07, 6.45) is -0.638. The smallest absolute Gasteiger partial charge is 0.319 e. The Bertz CT molecular complexity index is 651. The van der Waals surface area contributed by atoms with Gasteiger partial charge < -0.3 is 25.7 Å². The maximum atomic E-state index is 12.5. The van der Waals surface area contributed by atoms with Crippen molar-refractivity contribution >= 4 is 11.9 Å². The molecule has 116 valence electrons. The summed E-state index contributed by atoms with van der Waals surface area (Å²) in [6.45, 7) is 2.10. The number of rotatable bonds is 3. The predicted molar refractivity (Wildman–Crippen MR) is 77.8 cm³/mol. The summed E-state index contributed by atoms with van der Waals surface area (Å²) in [5.41, 5.74) is 1.76. The zero-order chi connectivity index (χ0) is 15.9. The highest BCUT2D eigenvalue weighted by Gasteiger charge is 2.40. The highest BCUT2D eigenvalue weighted by molar-refractivity contribution is 6.01. The highest BCUT2D eigenvalue weighted by Crippen LogP contribution is 2.32. The number of phenols is 1. The molecule has 0 aromatic heterocycles. The van der Waals surface area contributed by atoms with E-state index < -0.39 is 12.1 Å². The minimum absolute atomic E-state index is 0.117. The molecule has 0 unspecified atom stereocenters. The van der Waals surface area contributed by atoms with Gasteiger partial charge in [0.1, 0.15) is 5.75 Å². The first-order chi connectivity index (χ1) is 10.5. The Morgan fingerprint density at radius 1 is 1.32 bits per heavy atom. The molecule has 3 rings (SSSR count). The maximum Gasteiger partial charge on any atom is 0.319 e. The van der Waals surface area contributed by atoms with Crippen molar-refractivity contribution in [3.63, 3.8) is 0 Å². The summed E-state index contributed by atoms with van der Waals surface area (Å²) in [7, 11) is 0. The van der Waals surface area contributed by atoms with Gasteiger partial charge in [0.2, 0.25) is 0 Å². The maximum absolute atomic E-state index is 12.5. The molecule has 1 aromatic carbocycles. The fourth-order valence-electron chi connectivity index (χ4n) is 2.81. The molecular formula is C15H17N3O4. The van der Waals surface area contributed by atoms with Crippen molar-refractivity contribution in [2.24, 2.45) is 0 Å². The molecule has 0 bridgehead atoms. The summed E-state index contributed by atoms with van der Waals surface area (Å²) in [5, 5.41) is 24.2. The van der Waals surface area contributed by atoms with Gasteiger partial charge in [-0.25, -0.2) is 4.79 Å². The van der Waals surface area contributed by atoms with Crippen molar-refractivity contribution in [3.8, 4) is 5.75 Å². The fourth-order valence-corrected chi connectivity index (χ4v) is 2.81. The highest BCUT2D eigenvalue weighted by atomic mass is 16.3. The molecule has 7 heteroatoms. The Morgan fingerprint density at radius 3 is 2.64 bits per heavy atom. The van der Waals surface area contributed by atoms with Gasteiger partial charge in [0.15, 0.2) is 0 Å². The SMILES string of the molecule is C[C@H](O)CN1CC2=C(C1=O)[C@@H](c1ccc(O)cc1)NC(=O)N2. The van der Waals surface area contributed by atoms with Crippen LogP contribution in [0.15, 0.2) is 35.5 Å². The minimum atomic E-state index is -0.638. The second-order valence-electron chi connectivity index (χ2n) is 5.55. The van der Waals surface area contributed by atoms with Crippen LogP contribution in [0.1, 0.15) is 18.5 Å². The molecule has 2 aliphatic rings. The monoisotopic (exact) mass is 303 g/mol. The molecule has 2 heterocycles. The zero-order valence-corrected chi connectivity index (χ0v) is 12.0. The number of aliphatic hydroxyl groups excluding tert-OH is 1. The van der Waals surface area contributed by atoms with Crippen LogP contribution >= 0.6 is 0 Å². The van der Waals surface area contributed by atoms with Gasteiger partial charge in [0.25, 0.3) is 5.91 Å². The van der Waals surface area contributed by atoms with Crippen LogP contribution in [0.4, 0.5) is 4.79 Å². The number of carbonyl (C=O) groups is 2. The van der Waals surface area contributed by atoms with Gasteiger partial charge in [-0.2, -0.15) is 0 Å². The third kappa shape index (κ3) is 2.50. The van der Waals surface area contributed by atoms with Gasteiger partial charge in [-0.3, -0.25) is 4.79 Å². The molecular weight excluding hydrogens is 286 g/mol. The topological polar surface area (TPSA) is 102 Å². The summed E-state index contributed by atoms with van der Waals surface area (Å²) < 4.78 is 0. The molecule has 0 saturated carbocycles. The molecule has 0 spiro atoms. The Kier molecular flexibility index (Phi) is 3.50. The quantitative estimate of drug-likeness (QED) is 0.641. The van der Waals surface area contributed by atoms with Crippen LogP contribution in [0, 0.1) is 0 Å². The number of hydrogen-bond acceptors (Lipinski definition) is 4. The molecule has 7 nitrogen and oxygen atoms in total. The van der Waals surface area contributed by atoms with Crippen molar-refractivity contribution < 1.29 is 19.8 Å². The summed E-state index contributed by atoms with van der Waals surface area (Å²) in [5.74, 6) is -0.0897. The lowest BCUT2D eigenvalue weighted by molar-refractivity contribution is -0.126. The van der Waals surface area contributed by atoms with Crippen molar-refractivity contribution in [3.05, 3.63) is 41.1 Å². The predicted octanol–water partition coefficient (Wildman–Crippen LogP) is 0.223. The van der Waals surface area contributed by atoms with Crippen molar-refractivity contribution in [2.45, 2.75) is 19.1 Å². The first kappa shape index (κ1) is 14.4. The number of β-amino-alcohol motifs (C(OH)–C–C–N with tert-alkyl or cyclic N) is 1. The van der Waals surface area contributed by atoms with E-state index in [2.05, 4.69) is 10.6 Å². The van der Waals surface area contributed by atoms with Crippen LogP contribution in [0.2, 0.25) is 0 Å². The molecule has 2 atom stereocenters. The van der Waals surface area contributed by atoms with E-state index >= 15 is 0 Å². The Hall–Kier alpha value is -2.54. The van der Waals surface area contributed by atoms with Crippen LogP contribution in [-0.4, -0.2) is 46.2 Å². The average molecular weight is 303 g/mol. The van der Waals surface area contributed by atoms with Crippen LogP contribution < -0.4 is 10.6 Å². The van der Waals surface area contributed by atoms with Crippen LogP contribution in [0.5, 0.6) is 5.75 Å². The molecule has 1 aromatic rings. The molecule has 3 amide bonds. The van der Waals surface area contributed by atoms with Gasteiger partial charge in [-0.05, 0) is 24.6 Å². The van der Waals surface area contributed by atoms with Crippen LogP contribution in [-0.2, 0) is 4.79 Å². The summed E-state index contributed by atoms with van der Waals surface area (Å²) >= 11 is 0. The number of phenolic OH excluding ortho intramolecular Hbond substituents is 1. The Balaban J connectivity index is 1.94. The lowest BCUT2D eigenvalue weighted by Crippen LogP contribution is -2.44. The second-order valence-corrected chi connectivity index (χ2v) is 5.55. The number of nitrogens with one attached hydrogen (secondary N) is 2. The van der Waals surface area contributed by atoms with Gasteiger partial charge in [0.05, 0.1) is 30.0 Å². The van der Waals surface area contributed by atoms with Crippen molar-refractivity contribution in [2.75, 3.05) is 13.1 Å². The van der Waals surface area contributed by atoms with Gasteiger partial charge >= 0.3 is 6.03 Å². The number of nitrogens with zero attached hydrogens (tertiary/aromatic N) is 1. The van der Waals surface area contributed by atoms with E-state index in [4.69, 9.17) is 0 Å². The largest absolute Gasteiger partial charge is 0.508 e. The third-order valence-corrected chi connectivity index (χ3v) is 3.73. The van der Waals surface area contributed by atoms with Crippen molar-refractivity contribution in [1.82, 2.24) is 15.5 Å². The number of carbonyl (C=O) groups excluding carboxylic acids is 2. The number of amides is 3. The molecule has 0 radical (unpaired) electrons. The number of urea groups is 1. The standard InChI is InChI=1S/C15H17N3O4/c1-8(19)6-18-7-11-12(14(18)21)13(17-15(22)16-11)9-2-4-10(20)5-3-9/h2-5,8,13,19-20H,6-7H2,1H3,(H2,16,17,22)/t8-,13+/m0/s1. The van der Waals surface area contributed by atoms with Gasteiger partial charge in [-0.15, -0.1) is 0 Å². The van der Waals surface area contributed by atoms with Gasteiger partial charge in [-0.1, -0.05) is 12.1 Å². The molecule has 4 N–H and O–H groups in total. The Morgan fingerprint density at radius 2 is 2.00 bits per heavy atom. The van der Waals surface area contributed by atoms with Crippen LogP contribution in [0.25, 0.3) is 0 Å². The molecule has 0 aliphatic carbocycles.